The van der Waals surface area contributed by atoms with Gasteiger partial charge in [-0.05, 0) is 10.8 Å². The molecule has 3 N–H and O–H groups in total. The lowest BCUT2D eigenvalue weighted by atomic mass is 11.1. The van der Waals surface area contributed by atoms with Crippen molar-refractivity contribution in [1.82, 2.24) is 4.72 Å². The Bertz CT molecular complexity index is 79.4. The molecule has 0 aliphatic carbocycles. The number of amides is 1. The first-order valence-corrected chi connectivity index (χ1v) is 4.01. The molecule has 0 aromatic carbocycles. The molecule has 0 spiro atoms. The number of carbonyl (C=O) groups excluding carboxylic acids is 1. The molecule has 5 heteroatoms. The van der Waals surface area contributed by atoms with Crippen LogP contribution in [0.25, 0.3) is 0 Å². The van der Waals surface area contributed by atoms with Gasteiger partial charge in [0.1, 0.15) is 0 Å². The molecule has 46 valence electrons. The summed E-state index contributed by atoms with van der Waals surface area (Å²) < 4.78 is 2.92. The van der Waals surface area contributed by atoms with Gasteiger partial charge in [-0.2, -0.15) is 0 Å². The van der Waals surface area contributed by atoms with Gasteiger partial charge in [-0.1, -0.05) is 0 Å². The topological polar surface area (TPSA) is 55.1 Å². The van der Waals surface area contributed by atoms with Gasteiger partial charge >= 0.3 is 0 Å². The molecule has 0 saturated heterocycles. The molecule has 0 atom stereocenters. The van der Waals surface area contributed by atoms with E-state index < -0.39 is 0 Å². The Morgan fingerprint density at radius 2 is 2.38 bits per heavy atom. The van der Waals surface area contributed by atoms with Crippen LogP contribution in [-0.4, -0.2) is 6.41 Å². The van der Waals surface area contributed by atoms with Gasteiger partial charge in [0.05, 0.1) is 0 Å². The molecule has 1 amide bonds. The maximum atomic E-state index is 8.58. The van der Waals surface area contributed by atoms with Crippen molar-refractivity contribution in [1.29, 1.82) is 0 Å². The van der Waals surface area contributed by atoms with Crippen LogP contribution < -0.4 is 10.5 Å². The third-order valence-electron chi connectivity index (χ3n) is 0.288. The van der Waals surface area contributed by atoms with Crippen LogP contribution in [0.15, 0.2) is 11.6 Å². The van der Waals surface area contributed by atoms with Crippen LogP contribution in [0.1, 0.15) is 0 Å². The van der Waals surface area contributed by atoms with Crippen molar-refractivity contribution in [2.45, 2.75) is 0 Å². The summed E-state index contributed by atoms with van der Waals surface area (Å²) in [5.41, 5.74) is 4.17. The Morgan fingerprint density at radius 3 is 2.50 bits per heavy atom. The second kappa shape index (κ2) is 6.71. The molecule has 0 aromatic rings. The van der Waals surface area contributed by atoms with Gasteiger partial charge in [-0.15, -0.1) is 0 Å². The van der Waals surface area contributed by atoms with Crippen molar-refractivity contribution in [3.05, 3.63) is 11.6 Å². The molecular weight excluding hydrogens is 144 g/mol. The third-order valence-corrected chi connectivity index (χ3v) is 1.77. The fourth-order valence-corrected chi connectivity index (χ4v) is 1.25. The van der Waals surface area contributed by atoms with Crippen molar-refractivity contribution in [2.24, 2.45) is 5.73 Å². The quantitative estimate of drug-likeness (QED) is 0.299. The number of hydrogen-bond acceptors (Lipinski definition) is 4. The van der Waals surface area contributed by atoms with E-state index in [0.717, 1.165) is 0 Å². The first-order valence-electron chi connectivity index (χ1n) is 1.80. The Labute approximate surface area is 55.6 Å². The van der Waals surface area contributed by atoms with Crippen LogP contribution in [0.2, 0.25) is 0 Å². The van der Waals surface area contributed by atoms with Gasteiger partial charge in [-0.25, -0.2) is 0 Å². The van der Waals surface area contributed by atoms with E-state index in [1.807, 2.05) is 11.6 Å². The van der Waals surface area contributed by atoms with Crippen LogP contribution in [0.5, 0.6) is 0 Å². The number of carbonyl (C=O) groups is 1. The second-order valence-corrected chi connectivity index (χ2v) is 2.68. The normalized spacial score (nSPS) is 13.5. The van der Waals surface area contributed by atoms with E-state index >= 15 is 0 Å². The molecule has 8 heavy (non-hydrogen) atoms. The van der Waals surface area contributed by atoms with Crippen LogP contribution >= 0.6 is 21.8 Å². The van der Waals surface area contributed by atoms with E-state index in [1.165, 1.54) is 0 Å². The summed E-state index contributed by atoms with van der Waals surface area (Å²) >= 11 is 0. The molecule has 0 radical (unpaired) electrons. The first-order chi connectivity index (χ1) is 3.91. The molecule has 0 unspecified atom stereocenters. The van der Waals surface area contributed by atoms with E-state index in [1.54, 1.807) is 21.8 Å². The van der Waals surface area contributed by atoms with E-state index in [0.29, 0.717) is 0 Å². The van der Waals surface area contributed by atoms with Crippen LogP contribution in [0, 0.1) is 0 Å². The number of nitrogens with one attached hydrogen (secondary N) is 1. The Morgan fingerprint density at radius 1 is 1.75 bits per heavy atom. The average Bonchev–Trinajstić information content (AvgIpc) is 2.17. The summed E-state index contributed by atoms with van der Waals surface area (Å²) in [5, 5.41) is 2.00. The van der Waals surface area contributed by atoms with Gasteiger partial charge in [-0.3, -0.25) is 4.79 Å². The lowest BCUT2D eigenvalue weighted by Gasteiger charge is -1.75. The molecular formula is C3H6N2OS2. The van der Waals surface area contributed by atoms with Gasteiger partial charge < -0.3 is 10.5 Å². The van der Waals surface area contributed by atoms with Gasteiger partial charge in [0.15, 0.2) is 0 Å². The third kappa shape index (κ3) is 5.71. The maximum Gasteiger partial charge on any atom is 0.204 e. The van der Waals surface area contributed by atoms with E-state index in [2.05, 4.69) is 10.5 Å². The minimum absolute atomic E-state index is 0.250. The predicted octanol–water partition coefficient (Wildman–Crippen LogP) is 0.459. The van der Waals surface area contributed by atoms with Gasteiger partial charge in [0.25, 0.3) is 0 Å². The summed E-state index contributed by atoms with van der Waals surface area (Å²) in [6, 6.07) is 0. The van der Waals surface area contributed by atoms with Gasteiger partial charge in [0, 0.05) is 22.6 Å². The Kier molecular flexibility index (Phi) is 6.47. The maximum absolute atomic E-state index is 8.58. The van der Waals surface area contributed by atoms with Crippen molar-refractivity contribution in [3.63, 3.8) is 0 Å². The van der Waals surface area contributed by atoms with E-state index in [-0.39, 0.29) is 6.41 Å². The largest absolute Gasteiger partial charge is 0.372 e. The van der Waals surface area contributed by atoms with Crippen molar-refractivity contribution >= 4 is 28.2 Å². The summed E-state index contributed by atoms with van der Waals surface area (Å²) in [6.45, 7) is 0. The zero-order valence-corrected chi connectivity index (χ0v) is 5.67. The number of nitrogens with two attached hydrogens (primary N) is 1. The molecule has 1 rings (SSSR count). The highest BCUT2D eigenvalue weighted by Gasteiger charge is 1.83. The molecule has 1 aliphatic heterocycles. The summed E-state index contributed by atoms with van der Waals surface area (Å²) in [6.07, 6.45) is 2.16. The summed E-state index contributed by atoms with van der Waals surface area (Å²) in [5.74, 6) is 0. The first kappa shape index (κ1) is 7.71. The molecule has 0 saturated carbocycles. The van der Waals surface area contributed by atoms with E-state index in [4.69, 9.17) is 4.79 Å². The lowest BCUT2D eigenvalue weighted by molar-refractivity contribution is -0.106. The van der Waals surface area contributed by atoms with Crippen molar-refractivity contribution in [3.8, 4) is 0 Å². The SMILES string of the molecule is C1=CSSN1.NC=O. The van der Waals surface area contributed by atoms with Crippen molar-refractivity contribution < 1.29 is 4.79 Å². The lowest BCUT2D eigenvalue weighted by Crippen LogP contribution is -1.82. The minimum atomic E-state index is 0.250. The highest BCUT2D eigenvalue weighted by molar-refractivity contribution is 8.77. The van der Waals surface area contributed by atoms with E-state index in [9.17, 15) is 0 Å². The smallest absolute Gasteiger partial charge is 0.204 e. The number of hydrogen-bond donors (Lipinski definition) is 2. The number of primary amides is 1. The minimum Gasteiger partial charge on any atom is -0.372 e. The fourth-order valence-electron chi connectivity index (χ4n) is 0.139. The molecule has 0 fully saturated rings. The van der Waals surface area contributed by atoms with Crippen LogP contribution in [0.3, 0.4) is 0 Å². The number of rotatable bonds is 0. The molecule has 1 heterocycles. The zero-order valence-electron chi connectivity index (χ0n) is 4.03. The van der Waals surface area contributed by atoms with Crippen LogP contribution in [0.4, 0.5) is 0 Å². The monoisotopic (exact) mass is 150 g/mol. The fraction of sp³-hybridized carbons (Fsp3) is 0. The highest BCUT2D eigenvalue weighted by atomic mass is 33.1. The second-order valence-electron chi connectivity index (χ2n) is 0.736. The summed E-state index contributed by atoms with van der Waals surface area (Å²) in [4.78, 5) is 8.58. The summed E-state index contributed by atoms with van der Waals surface area (Å²) in [7, 11) is 3.33. The zero-order chi connectivity index (χ0) is 6.24. The molecule has 0 aromatic heterocycles. The average molecular weight is 150 g/mol. The van der Waals surface area contributed by atoms with Crippen molar-refractivity contribution in [2.75, 3.05) is 0 Å². The van der Waals surface area contributed by atoms with Gasteiger partial charge in [0.2, 0.25) is 6.41 Å². The Balaban J connectivity index is 0.000000145. The Hall–Kier alpha value is -0.290. The molecule has 1 aliphatic rings. The predicted molar refractivity (Wildman–Crippen MR) is 37.7 cm³/mol. The van der Waals surface area contributed by atoms with Crippen LogP contribution in [-0.2, 0) is 4.79 Å². The molecule has 0 bridgehead atoms. The molecule has 3 nitrogen and oxygen atoms in total. The highest BCUT2D eigenvalue weighted by Crippen LogP contribution is 2.22. The standard InChI is InChI=1S/C2H3NS2.CH3NO/c1-2-4-5-3-1;2-1-3/h1-3H;1H,(H2,2,3).